The second kappa shape index (κ2) is 38.8. The average molecular weight is 1560 g/mol. The SMILES string of the molecule is CCC[C@H]1C(=O)N[C@@H]([C@@H](C)CC)C(=O)N(CCC)CC(=O)N(C)[C@H]2C/C=C\CCN(C2=O)[C@@H](CC2CCC(C(F)(F)F)CC2)C(=O)N(C)CC(=O)N[C@@H](CCC2CC(F)C(C(F)(F)F)C(F)C2)C(=O)N2C[C@H](OCC)C[C@H]2C(=O)NC2(CCC2)C(=O)N(C)[C@@H](C2CCCC2)C(=O)N(C)[C@H](C(=O)N(C)C)CC(=O)N1C. The zero-order valence-corrected chi connectivity index (χ0v) is 65.5. The van der Waals surface area contributed by atoms with Gasteiger partial charge in [-0.3, -0.25) is 57.5 Å². The van der Waals surface area contributed by atoms with Gasteiger partial charge in [-0.05, 0) is 146 Å². The highest BCUT2D eigenvalue weighted by atomic mass is 19.4. The zero-order valence-electron chi connectivity index (χ0n) is 65.5. The molecule has 2 bridgehead atoms. The number of hydrogen-bond donors (Lipinski definition) is 3. The lowest BCUT2D eigenvalue weighted by Gasteiger charge is -2.46. The van der Waals surface area contributed by atoms with Crippen molar-refractivity contribution in [3.63, 3.8) is 0 Å². The highest BCUT2D eigenvalue weighted by Gasteiger charge is 2.56. The number of ether oxygens (including phenoxy) is 1. The van der Waals surface area contributed by atoms with Gasteiger partial charge in [-0.1, -0.05) is 65.5 Å². The fraction of sp³-hybridized carbons (Fsp3) is 0.816. The summed E-state index contributed by atoms with van der Waals surface area (Å²) < 4.78 is 121. The fourth-order valence-corrected chi connectivity index (χ4v) is 17.3. The maximum atomic E-state index is 15.5. The van der Waals surface area contributed by atoms with E-state index >= 15 is 42.3 Å². The molecule has 7 aliphatic rings. The van der Waals surface area contributed by atoms with Crippen LogP contribution in [-0.4, -0.2) is 288 Å². The molecule has 25 nitrogen and oxygen atoms in total. The number of carbonyl (C=O) groups excluding carboxylic acids is 12. The molecule has 33 heteroatoms. The standard InChI is InChI=1S/C76H118F8N12O13/c1-13-23-54-65(100)86-63(45(5)15-3)71(106)94(35-14-2)44-61(99)91(10)55-26-18-17-21-36-95(70(55)105)58(39-46-27-30-49(31-28-46)75(79,80)81)69(104)89(8)43-59(97)85-53(32-29-47-37-51(77)62(52(78)38-47)76(82,83)84)67(102)96-42-50(109-16-4)40-56(96)66(101)87-74(33-22-34-74)73(108)93(12)64(48-24-19-20-25-48)72(107)92(11)57(68(103)88(6)7)41-60(98)90(54)9/h17-18,45-58,62-64H,13-16,19-44H2,1-12H3,(H,85,97)(H,86,100)(H,87,101)/b18-17-/t45-,46?,47?,49?,50+,51?,52?,53-,54-,55-,56-,57-,58-,62?,63-,64-/m0/s1. The van der Waals surface area contributed by atoms with E-state index in [0.29, 0.717) is 51.4 Å². The van der Waals surface area contributed by atoms with Crippen LogP contribution < -0.4 is 16.0 Å². The first kappa shape index (κ1) is 89.0. The van der Waals surface area contributed by atoms with Crippen LogP contribution in [0.1, 0.15) is 189 Å². The van der Waals surface area contributed by atoms with Crippen LogP contribution in [0.25, 0.3) is 0 Å². The maximum Gasteiger partial charge on any atom is 0.397 e. The van der Waals surface area contributed by atoms with E-state index in [2.05, 4.69) is 16.0 Å². The number of carbonyl (C=O) groups is 12. The minimum Gasteiger partial charge on any atom is -0.377 e. The van der Waals surface area contributed by atoms with Crippen molar-refractivity contribution in [1.29, 1.82) is 0 Å². The van der Waals surface area contributed by atoms with E-state index in [-0.39, 0.29) is 103 Å². The van der Waals surface area contributed by atoms with Crippen LogP contribution in [0.5, 0.6) is 0 Å². The first-order chi connectivity index (χ1) is 51.2. The van der Waals surface area contributed by atoms with Crippen molar-refractivity contribution in [3.8, 4) is 0 Å². The molecule has 109 heavy (non-hydrogen) atoms. The third kappa shape index (κ3) is 21.7. The lowest BCUT2D eigenvalue weighted by molar-refractivity contribution is -0.219. The monoisotopic (exact) mass is 1560 g/mol. The van der Waals surface area contributed by atoms with Gasteiger partial charge in [-0.15, -0.1) is 0 Å². The van der Waals surface area contributed by atoms with Gasteiger partial charge < -0.3 is 64.8 Å². The molecule has 2 unspecified atom stereocenters. The molecule has 0 radical (unpaired) electrons. The summed E-state index contributed by atoms with van der Waals surface area (Å²) in [6, 6.07) is -11.3. The Balaban J connectivity index is 1.33. The quantitative estimate of drug-likeness (QED) is 0.111. The highest BCUT2D eigenvalue weighted by Crippen LogP contribution is 2.46. The first-order valence-corrected chi connectivity index (χ1v) is 39.3. The number of hydrogen-bond acceptors (Lipinski definition) is 13. The molecule has 12 atom stereocenters. The number of nitrogens with one attached hydrogen (secondary N) is 3. The molecule has 2 saturated heterocycles. The molecule has 3 heterocycles. The van der Waals surface area contributed by atoms with Gasteiger partial charge in [0.15, 0.2) is 0 Å². The molecule has 12 amide bonds. The molecule has 4 saturated carbocycles. The molecule has 1 spiro atoms. The van der Waals surface area contributed by atoms with E-state index in [9.17, 15) is 50.3 Å². The van der Waals surface area contributed by atoms with Crippen molar-refractivity contribution in [1.82, 2.24) is 60.0 Å². The van der Waals surface area contributed by atoms with E-state index in [1.807, 2.05) is 0 Å². The predicted octanol–water partition coefficient (Wildman–Crippen LogP) is 6.89. The number of amides is 12. The Hall–Kier alpha value is -7.22. The lowest BCUT2D eigenvalue weighted by Crippen LogP contribution is -2.68. The van der Waals surface area contributed by atoms with Crippen LogP contribution in [0.4, 0.5) is 35.1 Å². The Morgan fingerprint density at radius 1 is 0.642 bits per heavy atom. The van der Waals surface area contributed by atoms with Crippen molar-refractivity contribution >= 4 is 70.9 Å². The molecular weight excluding hydrogens is 1440 g/mol. The summed E-state index contributed by atoms with van der Waals surface area (Å²) in [6.07, 6.45) is -12.5. The molecule has 6 fully saturated rings. The molecule has 4 aliphatic carbocycles. The summed E-state index contributed by atoms with van der Waals surface area (Å²) in [5, 5.41) is 8.45. The van der Waals surface area contributed by atoms with Crippen LogP contribution in [0.3, 0.4) is 0 Å². The molecule has 3 aliphatic heterocycles. The van der Waals surface area contributed by atoms with E-state index in [4.69, 9.17) is 4.74 Å². The molecule has 616 valence electrons. The third-order valence-electron chi connectivity index (χ3n) is 24.2. The normalized spacial score (nSPS) is 31.7. The average Bonchev–Trinajstić information content (AvgIpc) is 1.75. The zero-order chi connectivity index (χ0) is 80.9. The number of fused-ring (bicyclic) bond motifs is 3. The van der Waals surface area contributed by atoms with E-state index in [1.165, 1.54) is 68.9 Å². The lowest BCUT2D eigenvalue weighted by atomic mass is 9.74. The Labute approximate surface area is 635 Å². The van der Waals surface area contributed by atoms with Crippen molar-refractivity contribution in [2.75, 3.05) is 88.7 Å². The van der Waals surface area contributed by atoms with Gasteiger partial charge in [0.2, 0.25) is 70.9 Å². The van der Waals surface area contributed by atoms with Crippen molar-refractivity contribution < 1.29 is 97.4 Å². The summed E-state index contributed by atoms with van der Waals surface area (Å²) in [5.41, 5.74) is -1.69. The smallest absolute Gasteiger partial charge is 0.377 e. The van der Waals surface area contributed by atoms with Crippen molar-refractivity contribution in [2.24, 2.45) is 35.5 Å². The molecular formula is C76H118F8N12O13. The van der Waals surface area contributed by atoms with Gasteiger partial charge in [0.05, 0.1) is 31.5 Å². The van der Waals surface area contributed by atoms with Crippen LogP contribution in [-0.2, 0) is 62.3 Å². The van der Waals surface area contributed by atoms with Crippen LogP contribution >= 0.6 is 0 Å². The van der Waals surface area contributed by atoms with Crippen LogP contribution in [0.2, 0.25) is 0 Å². The highest BCUT2D eigenvalue weighted by molar-refractivity contribution is 6.01. The fourth-order valence-electron chi connectivity index (χ4n) is 17.3. The number of nitrogens with zero attached hydrogens (tertiary/aromatic N) is 9. The van der Waals surface area contributed by atoms with Gasteiger partial charge >= 0.3 is 12.4 Å². The van der Waals surface area contributed by atoms with Gasteiger partial charge in [-0.2, -0.15) is 26.3 Å². The number of alkyl halides is 8. The predicted molar refractivity (Wildman–Crippen MR) is 386 cm³/mol. The van der Waals surface area contributed by atoms with Gasteiger partial charge in [0, 0.05) is 82.0 Å². The molecule has 3 N–H and O–H groups in total. The van der Waals surface area contributed by atoms with Crippen LogP contribution in [0.15, 0.2) is 12.2 Å². The van der Waals surface area contributed by atoms with Gasteiger partial charge in [0.1, 0.15) is 72.1 Å². The number of halogens is 8. The second-order valence-electron chi connectivity index (χ2n) is 31.9. The Kier molecular flexibility index (Phi) is 31.7. The second-order valence-corrected chi connectivity index (χ2v) is 31.9. The summed E-state index contributed by atoms with van der Waals surface area (Å²) in [5.74, 6) is -16.7. The summed E-state index contributed by atoms with van der Waals surface area (Å²) in [4.78, 5) is 192. The first-order valence-electron chi connectivity index (χ1n) is 39.3. The Morgan fingerprint density at radius 2 is 1.28 bits per heavy atom. The summed E-state index contributed by atoms with van der Waals surface area (Å²) in [7, 11) is 9.58. The minimum absolute atomic E-state index is 0.00328. The summed E-state index contributed by atoms with van der Waals surface area (Å²) >= 11 is 0. The topological polar surface area (TPSA) is 279 Å². The van der Waals surface area contributed by atoms with E-state index in [0.717, 1.165) is 24.5 Å². The van der Waals surface area contributed by atoms with E-state index < -0.39 is 230 Å². The maximum absolute atomic E-state index is 15.5. The van der Waals surface area contributed by atoms with E-state index in [1.54, 1.807) is 46.8 Å². The number of likely N-dealkylation sites (N-methyl/N-ethyl adjacent to an activating group) is 6. The molecule has 0 aromatic carbocycles. The van der Waals surface area contributed by atoms with Crippen LogP contribution in [0, 0.1) is 35.5 Å². The number of rotatable bonds is 15. The van der Waals surface area contributed by atoms with Crippen molar-refractivity contribution in [2.45, 2.75) is 273 Å². The molecule has 7 rings (SSSR count). The molecule has 0 aromatic rings. The largest absolute Gasteiger partial charge is 0.397 e. The summed E-state index contributed by atoms with van der Waals surface area (Å²) in [6.45, 7) is 6.85. The third-order valence-corrected chi connectivity index (χ3v) is 24.2. The van der Waals surface area contributed by atoms with Crippen molar-refractivity contribution in [3.05, 3.63) is 12.2 Å². The molecule has 0 aromatic heterocycles. The Morgan fingerprint density at radius 3 is 1.84 bits per heavy atom. The Bertz CT molecular complexity index is 3230. The minimum atomic E-state index is -5.22. The van der Waals surface area contributed by atoms with Gasteiger partial charge in [0.25, 0.3) is 0 Å². The van der Waals surface area contributed by atoms with Gasteiger partial charge in [-0.25, -0.2) is 8.78 Å².